The SMILES string of the molecule is O=C(O)C1CCN(C(=O)c2cc(F)cc([N+](=O)[O-])c2)C1. The second kappa shape index (κ2) is 5.24. The number of nitrogens with zero attached hydrogens (tertiary/aromatic N) is 2. The summed E-state index contributed by atoms with van der Waals surface area (Å²) in [6.07, 6.45) is 0.318. The number of carbonyl (C=O) groups is 2. The fourth-order valence-corrected chi connectivity index (χ4v) is 2.13. The van der Waals surface area contributed by atoms with Crippen molar-refractivity contribution in [3.05, 3.63) is 39.7 Å². The first-order valence-electron chi connectivity index (χ1n) is 5.85. The number of amides is 1. The van der Waals surface area contributed by atoms with Crippen molar-refractivity contribution in [2.45, 2.75) is 6.42 Å². The zero-order chi connectivity index (χ0) is 14.9. The monoisotopic (exact) mass is 282 g/mol. The number of rotatable bonds is 3. The Bertz CT molecular complexity index is 589. The lowest BCUT2D eigenvalue weighted by molar-refractivity contribution is -0.385. The first kappa shape index (κ1) is 13.9. The molecule has 1 aliphatic heterocycles. The van der Waals surface area contributed by atoms with E-state index in [4.69, 9.17) is 5.11 Å². The van der Waals surface area contributed by atoms with E-state index in [1.165, 1.54) is 4.90 Å². The normalized spacial score (nSPS) is 18.1. The highest BCUT2D eigenvalue weighted by Gasteiger charge is 2.31. The third-order valence-corrected chi connectivity index (χ3v) is 3.17. The highest BCUT2D eigenvalue weighted by Crippen LogP contribution is 2.22. The molecule has 106 valence electrons. The molecule has 1 unspecified atom stereocenters. The molecular weight excluding hydrogens is 271 g/mol. The van der Waals surface area contributed by atoms with Crippen LogP contribution in [0.5, 0.6) is 0 Å². The molecule has 0 spiro atoms. The Morgan fingerprint density at radius 2 is 2.10 bits per heavy atom. The number of likely N-dealkylation sites (tertiary alicyclic amines) is 1. The van der Waals surface area contributed by atoms with Crippen LogP contribution >= 0.6 is 0 Å². The molecule has 1 saturated heterocycles. The fourth-order valence-electron chi connectivity index (χ4n) is 2.13. The lowest BCUT2D eigenvalue weighted by atomic mass is 10.1. The van der Waals surface area contributed by atoms with Crippen molar-refractivity contribution in [1.29, 1.82) is 0 Å². The molecule has 7 nitrogen and oxygen atoms in total. The smallest absolute Gasteiger partial charge is 0.308 e. The zero-order valence-electron chi connectivity index (χ0n) is 10.3. The summed E-state index contributed by atoms with van der Waals surface area (Å²) in [7, 11) is 0. The van der Waals surface area contributed by atoms with Crippen molar-refractivity contribution < 1.29 is 24.0 Å². The third kappa shape index (κ3) is 2.73. The Kier molecular flexibility index (Phi) is 3.64. The molecule has 0 aliphatic carbocycles. The Morgan fingerprint density at radius 1 is 1.40 bits per heavy atom. The summed E-state index contributed by atoms with van der Waals surface area (Å²) < 4.78 is 13.3. The van der Waals surface area contributed by atoms with E-state index in [2.05, 4.69) is 0 Å². The Labute approximate surface area is 112 Å². The average molecular weight is 282 g/mol. The van der Waals surface area contributed by atoms with Gasteiger partial charge in [-0.25, -0.2) is 4.39 Å². The molecule has 8 heteroatoms. The van der Waals surface area contributed by atoms with Crippen LogP contribution in [0.15, 0.2) is 18.2 Å². The van der Waals surface area contributed by atoms with Crippen LogP contribution in [0.4, 0.5) is 10.1 Å². The summed E-state index contributed by atoms with van der Waals surface area (Å²) >= 11 is 0. The van der Waals surface area contributed by atoms with Gasteiger partial charge in [0.05, 0.1) is 16.9 Å². The fraction of sp³-hybridized carbons (Fsp3) is 0.333. The molecule has 0 bridgehead atoms. The van der Waals surface area contributed by atoms with Gasteiger partial charge in [-0.1, -0.05) is 0 Å². The molecule has 1 aromatic carbocycles. The lowest BCUT2D eigenvalue weighted by Crippen LogP contribution is -2.30. The number of carbonyl (C=O) groups excluding carboxylic acids is 1. The number of hydrogen-bond acceptors (Lipinski definition) is 4. The van der Waals surface area contributed by atoms with Gasteiger partial charge in [0, 0.05) is 24.7 Å². The largest absolute Gasteiger partial charge is 0.481 e. The van der Waals surface area contributed by atoms with Crippen molar-refractivity contribution in [3.8, 4) is 0 Å². The number of nitro benzene ring substituents is 1. The van der Waals surface area contributed by atoms with Crippen molar-refractivity contribution in [2.75, 3.05) is 13.1 Å². The summed E-state index contributed by atoms with van der Waals surface area (Å²) in [5.74, 6) is -3.12. The van der Waals surface area contributed by atoms with Crippen molar-refractivity contribution in [2.24, 2.45) is 5.92 Å². The summed E-state index contributed by atoms with van der Waals surface area (Å²) in [5, 5.41) is 19.5. The number of carboxylic acid groups (broad SMARTS) is 1. The molecule has 1 aromatic rings. The van der Waals surface area contributed by atoms with Crippen LogP contribution < -0.4 is 0 Å². The molecule has 1 aliphatic rings. The van der Waals surface area contributed by atoms with Gasteiger partial charge in [0.25, 0.3) is 11.6 Å². The van der Waals surface area contributed by atoms with Crippen molar-refractivity contribution in [1.82, 2.24) is 4.90 Å². The first-order chi connectivity index (χ1) is 9.38. The van der Waals surface area contributed by atoms with Gasteiger partial charge in [0.1, 0.15) is 5.82 Å². The van der Waals surface area contributed by atoms with Crippen LogP contribution in [0.3, 0.4) is 0 Å². The predicted molar refractivity (Wildman–Crippen MR) is 64.7 cm³/mol. The van der Waals surface area contributed by atoms with E-state index in [0.717, 1.165) is 18.2 Å². The van der Waals surface area contributed by atoms with Crippen molar-refractivity contribution >= 4 is 17.6 Å². The Balaban J connectivity index is 2.22. The van der Waals surface area contributed by atoms with E-state index in [9.17, 15) is 24.1 Å². The van der Waals surface area contributed by atoms with Gasteiger partial charge in [0.2, 0.25) is 0 Å². The van der Waals surface area contributed by atoms with Crippen LogP contribution in [0.2, 0.25) is 0 Å². The Hall–Kier alpha value is -2.51. The molecular formula is C12H11FN2O5. The number of nitro groups is 1. The summed E-state index contributed by atoms with van der Waals surface area (Å²) in [4.78, 5) is 34.0. The molecule has 1 fully saturated rings. The Morgan fingerprint density at radius 3 is 2.65 bits per heavy atom. The number of benzene rings is 1. The highest BCUT2D eigenvalue weighted by molar-refractivity contribution is 5.95. The summed E-state index contributed by atoms with van der Waals surface area (Å²) in [6.45, 7) is 0.262. The molecule has 20 heavy (non-hydrogen) atoms. The maximum atomic E-state index is 13.3. The molecule has 0 saturated carbocycles. The number of non-ortho nitro benzene ring substituents is 1. The minimum Gasteiger partial charge on any atom is -0.481 e. The van der Waals surface area contributed by atoms with E-state index in [-0.39, 0.29) is 18.7 Å². The standard InChI is InChI=1S/C12H11FN2O5/c13-9-3-8(4-10(5-9)15(19)20)11(16)14-2-1-7(6-14)12(17)18/h3-5,7H,1-2,6H2,(H,17,18). The zero-order valence-corrected chi connectivity index (χ0v) is 10.3. The van der Waals surface area contributed by atoms with Gasteiger partial charge in [-0.05, 0) is 12.5 Å². The van der Waals surface area contributed by atoms with Crippen LogP contribution in [0.25, 0.3) is 0 Å². The summed E-state index contributed by atoms with van der Waals surface area (Å²) in [6, 6.07) is 2.61. The molecule has 0 aromatic heterocycles. The third-order valence-electron chi connectivity index (χ3n) is 3.17. The minimum atomic E-state index is -0.995. The van der Waals surface area contributed by atoms with Crippen LogP contribution in [-0.2, 0) is 4.79 Å². The quantitative estimate of drug-likeness (QED) is 0.664. The number of halogens is 1. The van der Waals surface area contributed by atoms with Gasteiger partial charge in [0.15, 0.2) is 0 Å². The number of hydrogen-bond donors (Lipinski definition) is 1. The van der Waals surface area contributed by atoms with E-state index in [1.807, 2.05) is 0 Å². The molecule has 1 heterocycles. The topological polar surface area (TPSA) is 101 Å². The molecule has 0 radical (unpaired) electrons. The second-order valence-electron chi connectivity index (χ2n) is 4.53. The van der Waals surface area contributed by atoms with Crippen LogP contribution in [0.1, 0.15) is 16.8 Å². The van der Waals surface area contributed by atoms with Gasteiger partial charge < -0.3 is 10.0 Å². The predicted octanol–water partition coefficient (Wildman–Crippen LogP) is 1.28. The van der Waals surface area contributed by atoms with E-state index in [1.54, 1.807) is 0 Å². The van der Waals surface area contributed by atoms with Crippen molar-refractivity contribution in [3.63, 3.8) is 0 Å². The van der Waals surface area contributed by atoms with Gasteiger partial charge >= 0.3 is 5.97 Å². The van der Waals surface area contributed by atoms with Crippen LogP contribution in [0, 0.1) is 21.8 Å². The average Bonchev–Trinajstić information content (AvgIpc) is 2.86. The maximum Gasteiger partial charge on any atom is 0.308 e. The van der Waals surface area contributed by atoms with E-state index < -0.39 is 34.2 Å². The van der Waals surface area contributed by atoms with E-state index >= 15 is 0 Å². The first-order valence-corrected chi connectivity index (χ1v) is 5.85. The summed E-state index contributed by atoms with van der Waals surface area (Å²) in [5.41, 5.74) is -0.662. The lowest BCUT2D eigenvalue weighted by Gasteiger charge is -2.15. The van der Waals surface area contributed by atoms with Gasteiger partial charge in [-0.3, -0.25) is 19.7 Å². The van der Waals surface area contributed by atoms with Gasteiger partial charge in [-0.2, -0.15) is 0 Å². The molecule has 1 N–H and O–H groups in total. The molecule has 1 atom stereocenters. The van der Waals surface area contributed by atoms with Crippen LogP contribution in [-0.4, -0.2) is 39.9 Å². The minimum absolute atomic E-state index is 0.0263. The van der Waals surface area contributed by atoms with E-state index in [0.29, 0.717) is 6.42 Å². The molecule has 2 rings (SSSR count). The highest BCUT2D eigenvalue weighted by atomic mass is 19.1. The van der Waals surface area contributed by atoms with Gasteiger partial charge in [-0.15, -0.1) is 0 Å². The number of carboxylic acids is 1. The second-order valence-corrected chi connectivity index (χ2v) is 4.53. The maximum absolute atomic E-state index is 13.3. The molecule has 1 amide bonds. The number of aliphatic carboxylic acids is 1.